The van der Waals surface area contributed by atoms with Gasteiger partial charge in [-0.3, -0.25) is 9.78 Å². The Bertz CT molecular complexity index is 1140. The van der Waals surface area contributed by atoms with E-state index in [0.29, 0.717) is 28.7 Å². The normalized spacial score (nSPS) is 10.9. The predicted molar refractivity (Wildman–Crippen MR) is 111 cm³/mol. The smallest absolute Gasteiger partial charge is 0.253 e. The second kappa shape index (κ2) is 8.00. The number of amides is 1. The number of hydrogen-bond donors (Lipinski definition) is 1. The van der Waals surface area contributed by atoms with Crippen molar-refractivity contribution < 1.29 is 4.79 Å². The minimum absolute atomic E-state index is 0.193. The number of aromatic nitrogens is 3. The molecule has 0 saturated heterocycles. The number of carbonyl (C=O) groups excluding carboxylic acids is 1. The lowest BCUT2D eigenvalue weighted by Gasteiger charge is -2.11. The minimum Gasteiger partial charge on any atom is -0.345 e. The van der Waals surface area contributed by atoms with Crippen LogP contribution >= 0.6 is 23.2 Å². The number of hydrogen-bond acceptors (Lipinski definition) is 3. The summed E-state index contributed by atoms with van der Waals surface area (Å²) in [7, 11) is 0. The summed E-state index contributed by atoms with van der Waals surface area (Å²) in [5, 5.41) is 3.94. The van der Waals surface area contributed by atoms with Crippen LogP contribution in [0.25, 0.3) is 11.0 Å². The number of benzene rings is 2. The van der Waals surface area contributed by atoms with E-state index in [2.05, 4.69) is 19.9 Å². The molecule has 0 aliphatic rings. The third kappa shape index (κ3) is 3.86. The maximum Gasteiger partial charge on any atom is 0.253 e. The first-order valence-electron chi connectivity index (χ1n) is 8.68. The van der Waals surface area contributed by atoms with Crippen LogP contribution in [-0.2, 0) is 13.1 Å². The average Bonchev–Trinajstić information content (AvgIpc) is 3.07. The molecule has 4 aromatic rings. The second-order valence-electron chi connectivity index (χ2n) is 6.28. The molecule has 2 aromatic carbocycles. The van der Waals surface area contributed by atoms with Gasteiger partial charge in [-0.15, -0.1) is 0 Å². The van der Waals surface area contributed by atoms with Crippen LogP contribution in [0.5, 0.6) is 0 Å². The standard InChI is InChI=1S/C21H16Cl2N4O/c22-16-8-7-14(10-17(16)23)13-27-19-6-2-1-5-18(19)26-20(27)12-25-21(28)15-4-3-9-24-11-15/h1-11H,12-13H2,(H,25,28). The number of nitrogens with zero attached hydrogens (tertiary/aromatic N) is 3. The van der Waals surface area contributed by atoms with Crippen molar-refractivity contribution in [3.63, 3.8) is 0 Å². The number of pyridine rings is 1. The summed E-state index contributed by atoms with van der Waals surface area (Å²) in [6.07, 6.45) is 3.17. The SMILES string of the molecule is O=C(NCc1nc2ccccc2n1Cc1ccc(Cl)c(Cl)c1)c1cccnc1. The number of para-hydroxylation sites is 2. The second-order valence-corrected chi connectivity index (χ2v) is 7.09. The van der Waals surface area contributed by atoms with Gasteiger partial charge in [0.15, 0.2) is 0 Å². The zero-order valence-electron chi connectivity index (χ0n) is 14.8. The molecule has 0 spiro atoms. The maximum absolute atomic E-state index is 12.4. The van der Waals surface area contributed by atoms with E-state index in [-0.39, 0.29) is 5.91 Å². The third-order valence-corrected chi connectivity index (χ3v) is 5.13. The van der Waals surface area contributed by atoms with E-state index in [1.807, 2.05) is 36.4 Å². The largest absolute Gasteiger partial charge is 0.345 e. The van der Waals surface area contributed by atoms with E-state index in [4.69, 9.17) is 23.2 Å². The molecule has 4 rings (SSSR count). The molecule has 0 aliphatic heterocycles. The number of imidazole rings is 1. The fourth-order valence-corrected chi connectivity index (χ4v) is 3.34. The van der Waals surface area contributed by atoms with Crippen LogP contribution in [0.15, 0.2) is 67.0 Å². The summed E-state index contributed by atoms with van der Waals surface area (Å²) in [6.45, 7) is 0.860. The first-order chi connectivity index (χ1) is 13.6. The Kier molecular flexibility index (Phi) is 5.28. The van der Waals surface area contributed by atoms with Gasteiger partial charge in [0.1, 0.15) is 5.82 Å². The van der Waals surface area contributed by atoms with Crippen LogP contribution in [0.3, 0.4) is 0 Å². The molecular weight excluding hydrogens is 395 g/mol. The summed E-state index contributed by atoms with van der Waals surface area (Å²) < 4.78 is 2.07. The number of nitrogens with one attached hydrogen (secondary N) is 1. The van der Waals surface area contributed by atoms with E-state index in [0.717, 1.165) is 22.4 Å². The maximum atomic E-state index is 12.4. The lowest BCUT2D eigenvalue weighted by molar-refractivity contribution is 0.0949. The monoisotopic (exact) mass is 410 g/mol. The summed E-state index contributed by atoms with van der Waals surface area (Å²) in [5.74, 6) is 0.561. The molecule has 7 heteroatoms. The third-order valence-electron chi connectivity index (χ3n) is 4.39. The van der Waals surface area contributed by atoms with Gasteiger partial charge in [-0.25, -0.2) is 4.98 Å². The Morgan fingerprint density at radius 2 is 1.89 bits per heavy atom. The van der Waals surface area contributed by atoms with Crippen LogP contribution in [0, 0.1) is 0 Å². The van der Waals surface area contributed by atoms with Crippen molar-refractivity contribution in [3.05, 3.63) is 94.0 Å². The van der Waals surface area contributed by atoms with Crippen molar-refractivity contribution >= 4 is 40.1 Å². The Morgan fingerprint density at radius 1 is 1.04 bits per heavy atom. The molecule has 5 nitrogen and oxygen atoms in total. The van der Waals surface area contributed by atoms with Gasteiger partial charge in [-0.1, -0.05) is 41.4 Å². The van der Waals surface area contributed by atoms with Gasteiger partial charge in [0.25, 0.3) is 5.91 Å². The highest BCUT2D eigenvalue weighted by Gasteiger charge is 2.13. The Hall–Kier alpha value is -2.89. The topological polar surface area (TPSA) is 59.8 Å². The van der Waals surface area contributed by atoms with Crippen molar-refractivity contribution in [1.82, 2.24) is 19.9 Å². The Morgan fingerprint density at radius 3 is 2.68 bits per heavy atom. The molecule has 2 heterocycles. The quantitative estimate of drug-likeness (QED) is 0.517. The minimum atomic E-state index is -0.193. The highest BCUT2D eigenvalue weighted by atomic mass is 35.5. The summed E-state index contributed by atoms with van der Waals surface area (Å²) in [4.78, 5) is 21.0. The molecule has 0 unspecified atom stereocenters. The van der Waals surface area contributed by atoms with Crippen molar-refractivity contribution in [2.75, 3.05) is 0 Å². The van der Waals surface area contributed by atoms with Gasteiger partial charge in [0, 0.05) is 18.9 Å². The van der Waals surface area contributed by atoms with Gasteiger partial charge in [-0.05, 0) is 42.0 Å². The molecule has 0 atom stereocenters. The summed E-state index contributed by atoms with van der Waals surface area (Å²) in [6, 6.07) is 16.9. The van der Waals surface area contributed by atoms with Gasteiger partial charge >= 0.3 is 0 Å². The first-order valence-corrected chi connectivity index (χ1v) is 9.44. The fourth-order valence-electron chi connectivity index (χ4n) is 3.02. The van der Waals surface area contributed by atoms with Gasteiger partial charge in [0.2, 0.25) is 0 Å². The summed E-state index contributed by atoms with van der Waals surface area (Å²) >= 11 is 12.2. The van der Waals surface area contributed by atoms with Crippen LogP contribution < -0.4 is 5.32 Å². The van der Waals surface area contributed by atoms with Crippen molar-refractivity contribution in [1.29, 1.82) is 0 Å². The van der Waals surface area contributed by atoms with E-state index in [9.17, 15) is 4.79 Å². The number of rotatable bonds is 5. The molecule has 1 N–H and O–H groups in total. The molecule has 0 bridgehead atoms. The molecule has 0 fully saturated rings. The number of fused-ring (bicyclic) bond motifs is 1. The molecule has 0 radical (unpaired) electrons. The van der Waals surface area contributed by atoms with Crippen molar-refractivity contribution in [2.24, 2.45) is 0 Å². The van der Waals surface area contributed by atoms with Gasteiger partial charge < -0.3 is 9.88 Å². The Balaban J connectivity index is 1.63. The molecule has 0 aliphatic carbocycles. The van der Waals surface area contributed by atoms with Crippen LogP contribution in [0.4, 0.5) is 0 Å². The lowest BCUT2D eigenvalue weighted by atomic mass is 10.2. The number of halogens is 2. The highest BCUT2D eigenvalue weighted by molar-refractivity contribution is 6.42. The molecule has 28 heavy (non-hydrogen) atoms. The highest BCUT2D eigenvalue weighted by Crippen LogP contribution is 2.24. The molecule has 1 amide bonds. The summed E-state index contributed by atoms with van der Waals surface area (Å²) in [5.41, 5.74) is 3.36. The molecule has 2 aromatic heterocycles. The van der Waals surface area contributed by atoms with E-state index >= 15 is 0 Å². The van der Waals surface area contributed by atoms with E-state index in [1.54, 1.807) is 24.4 Å². The molecule has 140 valence electrons. The van der Waals surface area contributed by atoms with Crippen LogP contribution in [0.2, 0.25) is 10.0 Å². The zero-order chi connectivity index (χ0) is 19.5. The lowest BCUT2D eigenvalue weighted by Crippen LogP contribution is -2.25. The zero-order valence-corrected chi connectivity index (χ0v) is 16.3. The van der Waals surface area contributed by atoms with Gasteiger partial charge in [-0.2, -0.15) is 0 Å². The van der Waals surface area contributed by atoms with Crippen molar-refractivity contribution in [3.8, 4) is 0 Å². The van der Waals surface area contributed by atoms with E-state index in [1.165, 1.54) is 6.20 Å². The number of carbonyl (C=O) groups is 1. The molecular formula is C21H16Cl2N4O. The predicted octanol–water partition coefficient (Wildman–Crippen LogP) is 4.72. The van der Waals surface area contributed by atoms with Gasteiger partial charge in [0.05, 0.1) is 33.2 Å². The fraction of sp³-hybridized carbons (Fsp3) is 0.0952. The molecule has 0 saturated carbocycles. The average molecular weight is 411 g/mol. The Labute approximate surface area is 171 Å². The first kappa shape index (κ1) is 18.5. The van der Waals surface area contributed by atoms with Crippen LogP contribution in [-0.4, -0.2) is 20.4 Å². The van der Waals surface area contributed by atoms with Crippen molar-refractivity contribution in [2.45, 2.75) is 13.1 Å². The van der Waals surface area contributed by atoms with Crippen LogP contribution in [0.1, 0.15) is 21.7 Å². The van der Waals surface area contributed by atoms with E-state index < -0.39 is 0 Å².